The third-order valence-electron chi connectivity index (χ3n) is 6.64. The van der Waals surface area contributed by atoms with Crippen molar-refractivity contribution in [1.82, 2.24) is 19.6 Å². The highest BCUT2D eigenvalue weighted by atomic mass is 16.5. The first kappa shape index (κ1) is 20.0. The molecule has 1 fully saturated rings. The van der Waals surface area contributed by atoms with Gasteiger partial charge in [-0.3, -0.25) is 9.48 Å². The maximum absolute atomic E-state index is 13.5. The molecule has 1 saturated carbocycles. The number of hydrogen-bond donors (Lipinski definition) is 0. The lowest BCUT2D eigenvalue weighted by Crippen LogP contribution is -2.52. The Morgan fingerprint density at radius 3 is 2.62 bits per heavy atom. The van der Waals surface area contributed by atoms with Crippen molar-refractivity contribution < 1.29 is 9.53 Å². The predicted octanol–water partition coefficient (Wildman–Crippen LogP) is 3.42. The van der Waals surface area contributed by atoms with E-state index in [1.54, 1.807) is 6.20 Å². The average molecular weight is 397 g/mol. The van der Waals surface area contributed by atoms with Gasteiger partial charge < -0.3 is 14.5 Å². The highest BCUT2D eigenvalue weighted by Crippen LogP contribution is 2.39. The molecule has 0 bridgehead atoms. The fourth-order valence-electron chi connectivity index (χ4n) is 4.82. The normalized spacial score (nSPS) is 25.4. The van der Waals surface area contributed by atoms with Crippen LogP contribution in [0.5, 0.6) is 5.75 Å². The molecular weight excluding hydrogens is 364 g/mol. The van der Waals surface area contributed by atoms with Crippen molar-refractivity contribution in [2.24, 2.45) is 0 Å². The Morgan fingerprint density at radius 2 is 1.97 bits per heavy atom. The predicted molar refractivity (Wildman–Crippen MR) is 113 cm³/mol. The van der Waals surface area contributed by atoms with E-state index in [0.717, 1.165) is 42.7 Å². The Hall–Kier alpha value is -2.34. The van der Waals surface area contributed by atoms with E-state index < -0.39 is 0 Å². The summed E-state index contributed by atoms with van der Waals surface area (Å²) in [5.74, 6) is 1.03. The molecule has 1 atom stereocenters. The summed E-state index contributed by atoms with van der Waals surface area (Å²) in [7, 11) is 4.30. The summed E-state index contributed by atoms with van der Waals surface area (Å²) in [5.41, 5.74) is 1.77. The molecule has 6 heteroatoms. The number of amides is 1. The molecular formula is C23H32N4O2. The number of aryl methyl sites for hydroxylation is 1. The fraction of sp³-hybridized carbons (Fsp3) is 0.565. The van der Waals surface area contributed by atoms with Gasteiger partial charge >= 0.3 is 0 Å². The van der Waals surface area contributed by atoms with Gasteiger partial charge in [0, 0.05) is 30.0 Å². The zero-order valence-electron chi connectivity index (χ0n) is 18.0. The van der Waals surface area contributed by atoms with E-state index in [1.165, 1.54) is 0 Å². The number of nitrogens with zero attached hydrogens (tertiary/aromatic N) is 4. The van der Waals surface area contributed by atoms with E-state index in [2.05, 4.69) is 30.2 Å². The van der Waals surface area contributed by atoms with Crippen LogP contribution in [0.4, 0.5) is 0 Å². The van der Waals surface area contributed by atoms with Crippen molar-refractivity contribution in [3.8, 4) is 5.75 Å². The van der Waals surface area contributed by atoms with E-state index >= 15 is 0 Å². The molecule has 6 nitrogen and oxygen atoms in total. The number of benzene rings is 1. The number of fused-ring (bicyclic) bond motifs is 1. The molecule has 1 aliphatic carbocycles. The van der Waals surface area contributed by atoms with Crippen molar-refractivity contribution in [1.29, 1.82) is 0 Å². The van der Waals surface area contributed by atoms with E-state index in [1.807, 2.05) is 47.7 Å². The Bertz CT molecular complexity index is 867. The summed E-state index contributed by atoms with van der Waals surface area (Å²) in [5, 5.41) is 4.37. The van der Waals surface area contributed by atoms with Crippen LogP contribution in [0.25, 0.3) is 0 Å². The maximum Gasteiger partial charge on any atom is 0.247 e. The minimum Gasteiger partial charge on any atom is -0.485 e. The van der Waals surface area contributed by atoms with Crippen molar-refractivity contribution in [3.05, 3.63) is 47.8 Å². The SMILES string of the molecule is Cc1ccnn1C(C)C(=O)N1Cc2ccccc2OC2(CCC(N(C)C)CC2)C1. The topological polar surface area (TPSA) is 50.6 Å². The first-order valence-electron chi connectivity index (χ1n) is 10.6. The smallest absolute Gasteiger partial charge is 0.247 e. The van der Waals surface area contributed by atoms with E-state index in [4.69, 9.17) is 4.74 Å². The number of ether oxygens (including phenoxy) is 1. The summed E-state index contributed by atoms with van der Waals surface area (Å²) < 4.78 is 8.47. The number of rotatable bonds is 3. The van der Waals surface area contributed by atoms with Gasteiger partial charge in [0.1, 0.15) is 17.4 Å². The van der Waals surface area contributed by atoms with Gasteiger partial charge in [-0.25, -0.2) is 0 Å². The van der Waals surface area contributed by atoms with Gasteiger partial charge in [0.2, 0.25) is 5.91 Å². The van der Waals surface area contributed by atoms with Crippen LogP contribution >= 0.6 is 0 Å². The Kier molecular flexibility index (Phi) is 5.38. The van der Waals surface area contributed by atoms with Gasteiger partial charge in [0.15, 0.2) is 0 Å². The van der Waals surface area contributed by atoms with Crippen molar-refractivity contribution in [2.45, 2.75) is 63.8 Å². The molecule has 0 saturated heterocycles. The second-order valence-electron chi connectivity index (χ2n) is 8.88. The van der Waals surface area contributed by atoms with Gasteiger partial charge in [0.25, 0.3) is 0 Å². The van der Waals surface area contributed by atoms with Gasteiger partial charge in [-0.2, -0.15) is 5.10 Å². The van der Waals surface area contributed by atoms with Gasteiger partial charge in [-0.05, 0) is 65.8 Å². The van der Waals surface area contributed by atoms with E-state index in [9.17, 15) is 4.79 Å². The maximum atomic E-state index is 13.5. The Labute approximate surface area is 173 Å². The molecule has 1 aliphatic heterocycles. The molecule has 1 amide bonds. The molecule has 2 aromatic rings. The fourth-order valence-corrected chi connectivity index (χ4v) is 4.82. The second kappa shape index (κ2) is 7.82. The van der Waals surface area contributed by atoms with Crippen LogP contribution in [0.3, 0.4) is 0 Å². The standard InChI is InChI=1S/C23H32N4O2/c1-17-11-14-24-27(17)18(2)22(28)26-15-19-7-5-6-8-21(19)29-23(16-26)12-9-20(10-13-23)25(3)4/h5-8,11,14,18,20H,9-10,12-13,15-16H2,1-4H3. The first-order chi connectivity index (χ1) is 13.9. The summed E-state index contributed by atoms with van der Waals surface area (Å²) in [6.45, 7) is 5.14. The van der Waals surface area contributed by atoms with Crippen LogP contribution in [0.15, 0.2) is 36.5 Å². The van der Waals surface area contributed by atoms with Gasteiger partial charge in [-0.1, -0.05) is 18.2 Å². The van der Waals surface area contributed by atoms with Gasteiger partial charge in [0.05, 0.1) is 6.54 Å². The number of aromatic nitrogens is 2. The van der Waals surface area contributed by atoms with Crippen molar-refractivity contribution >= 4 is 5.91 Å². The third kappa shape index (κ3) is 3.90. The van der Waals surface area contributed by atoms with Crippen LogP contribution < -0.4 is 4.74 Å². The van der Waals surface area contributed by atoms with E-state index in [-0.39, 0.29) is 17.6 Å². The number of carbonyl (C=O) groups excluding carboxylic acids is 1. The molecule has 2 heterocycles. The monoisotopic (exact) mass is 396 g/mol. The molecule has 156 valence electrons. The lowest BCUT2D eigenvalue weighted by atomic mass is 9.81. The van der Waals surface area contributed by atoms with Crippen LogP contribution in [0.1, 0.15) is 49.9 Å². The minimum atomic E-state index is -0.328. The number of carbonyl (C=O) groups is 1. The molecule has 2 aliphatic rings. The van der Waals surface area contributed by atoms with Gasteiger partial charge in [-0.15, -0.1) is 0 Å². The van der Waals surface area contributed by atoms with Crippen molar-refractivity contribution in [3.63, 3.8) is 0 Å². The molecule has 0 radical (unpaired) electrons. The quantitative estimate of drug-likeness (QED) is 0.798. The largest absolute Gasteiger partial charge is 0.485 e. The van der Waals surface area contributed by atoms with E-state index in [0.29, 0.717) is 19.1 Å². The minimum absolute atomic E-state index is 0.103. The zero-order valence-corrected chi connectivity index (χ0v) is 18.0. The molecule has 1 aromatic heterocycles. The van der Waals surface area contributed by atoms with Crippen LogP contribution in [0, 0.1) is 6.92 Å². The molecule has 4 rings (SSSR count). The lowest BCUT2D eigenvalue weighted by molar-refractivity contribution is -0.138. The summed E-state index contributed by atoms with van der Waals surface area (Å²) in [6.07, 6.45) is 5.85. The highest BCUT2D eigenvalue weighted by Gasteiger charge is 2.43. The summed E-state index contributed by atoms with van der Waals surface area (Å²) in [4.78, 5) is 17.8. The number of hydrogen-bond acceptors (Lipinski definition) is 4. The Morgan fingerprint density at radius 1 is 1.24 bits per heavy atom. The highest BCUT2D eigenvalue weighted by molar-refractivity contribution is 5.80. The zero-order chi connectivity index (χ0) is 20.6. The van der Waals surface area contributed by atoms with Crippen molar-refractivity contribution in [2.75, 3.05) is 20.6 Å². The van der Waals surface area contributed by atoms with Crippen LogP contribution in [-0.2, 0) is 11.3 Å². The molecule has 1 spiro atoms. The summed E-state index contributed by atoms with van der Waals surface area (Å²) >= 11 is 0. The molecule has 0 N–H and O–H groups in total. The average Bonchev–Trinajstić information content (AvgIpc) is 3.06. The summed E-state index contributed by atoms with van der Waals surface area (Å²) in [6, 6.07) is 10.4. The second-order valence-corrected chi connectivity index (χ2v) is 8.88. The molecule has 29 heavy (non-hydrogen) atoms. The van der Waals surface area contributed by atoms with Crippen LogP contribution in [-0.4, -0.2) is 57.8 Å². The first-order valence-corrected chi connectivity index (χ1v) is 10.6. The third-order valence-corrected chi connectivity index (χ3v) is 6.64. The number of para-hydroxylation sites is 1. The lowest BCUT2D eigenvalue weighted by Gasteiger charge is -2.43. The molecule has 1 unspecified atom stereocenters. The Balaban J connectivity index is 1.62. The molecule has 1 aromatic carbocycles. The van der Waals surface area contributed by atoms with Crippen LogP contribution in [0.2, 0.25) is 0 Å².